The number of carboxylic acid groups (broad SMARTS) is 1. The molecule has 20 heavy (non-hydrogen) atoms. The standard InChI is InChI=1S/C17H18O3/c1-20-15-9-6-12-3-2-4-13-11(7-10-16(18)19)5-8-14(15)17(12)13/h2,4,6-7,9,14H,3,5,8,10H2,1H3,(H,18,19). The summed E-state index contributed by atoms with van der Waals surface area (Å²) in [5.74, 6) is 0.581. The molecule has 0 aromatic carbocycles. The maximum absolute atomic E-state index is 10.8. The monoisotopic (exact) mass is 270 g/mol. The predicted octanol–water partition coefficient (Wildman–Crippen LogP) is 3.52. The average Bonchev–Trinajstić information content (AvgIpc) is 2.47. The van der Waals surface area contributed by atoms with Gasteiger partial charge in [-0.25, -0.2) is 0 Å². The van der Waals surface area contributed by atoms with Gasteiger partial charge in [0.1, 0.15) is 5.76 Å². The Morgan fingerprint density at radius 3 is 3.10 bits per heavy atom. The van der Waals surface area contributed by atoms with Gasteiger partial charge in [-0.3, -0.25) is 4.79 Å². The van der Waals surface area contributed by atoms with Crippen molar-refractivity contribution in [1.29, 1.82) is 0 Å². The lowest BCUT2D eigenvalue weighted by Gasteiger charge is -2.35. The van der Waals surface area contributed by atoms with Crippen LogP contribution in [0.1, 0.15) is 25.7 Å². The number of rotatable bonds is 3. The molecule has 0 saturated heterocycles. The van der Waals surface area contributed by atoms with Crippen LogP contribution >= 0.6 is 0 Å². The van der Waals surface area contributed by atoms with Crippen LogP contribution in [0.5, 0.6) is 0 Å². The number of carbonyl (C=O) groups is 1. The van der Waals surface area contributed by atoms with Crippen LogP contribution in [0, 0.1) is 5.92 Å². The lowest BCUT2D eigenvalue weighted by Crippen LogP contribution is -2.22. The van der Waals surface area contributed by atoms with Gasteiger partial charge in [-0.2, -0.15) is 0 Å². The van der Waals surface area contributed by atoms with Crippen LogP contribution < -0.4 is 0 Å². The highest BCUT2D eigenvalue weighted by atomic mass is 16.5. The summed E-state index contributed by atoms with van der Waals surface area (Å²) >= 11 is 0. The third kappa shape index (κ3) is 2.13. The minimum absolute atomic E-state index is 0.0939. The summed E-state index contributed by atoms with van der Waals surface area (Å²) in [5.41, 5.74) is 5.06. The molecular weight excluding hydrogens is 252 g/mol. The molecule has 3 rings (SSSR count). The smallest absolute Gasteiger partial charge is 0.307 e. The van der Waals surface area contributed by atoms with Gasteiger partial charge in [0.15, 0.2) is 0 Å². The first-order valence-corrected chi connectivity index (χ1v) is 6.97. The van der Waals surface area contributed by atoms with E-state index in [2.05, 4.69) is 24.3 Å². The summed E-state index contributed by atoms with van der Waals surface area (Å²) in [6.07, 6.45) is 13.3. The zero-order valence-corrected chi connectivity index (χ0v) is 11.6. The number of aliphatic carboxylic acids is 1. The minimum atomic E-state index is -0.776. The van der Waals surface area contributed by atoms with E-state index in [1.54, 1.807) is 7.11 Å². The van der Waals surface area contributed by atoms with E-state index in [1.165, 1.54) is 16.7 Å². The lowest BCUT2D eigenvalue weighted by atomic mass is 9.71. The van der Waals surface area contributed by atoms with Gasteiger partial charge in [0.05, 0.1) is 13.5 Å². The second-order valence-electron chi connectivity index (χ2n) is 5.32. The lowest BCUT2D eigenvalue weighted by molar-refractivity contribution is -0.136. The average molecular weight is 270 g/mol. The Hall–Kier alpha value is -2.03. The molecule has 3 heteroatoms. The van der Waals surface area contributed by atoms with Gasteiger partial charge in [-0.05, 0) is 47.6 Å². The summed E-state index contributed by atoms with van der Waals surface area (Å²) in [4.78, 5) is 10.8. The van der Waals surface area contributed by atoms with Gasteiger partial charge in [-0.1, -0.05) is 24.3 Å². The van der Waals surface area contributed by atoms with Crippen LogP contribution in [-0.2, 0) is 9.53 Å². The molecule has 0 bridgehead atoms. The molecule has 104 valence electrons. The Morgan fingerprint density at radius 2 is 2.35 bits per heavy atom. The van der Waals surface area contributed by atoms with Gasteiger partial charge in [-0.15, -0.1) is 0 Å². The number of hydrogen-bond acceptors (Lipinski definition) is 2. The fourth-order valence-electron chi connectivity index (χ4n) is 3.32. The van der Waals surface area contributed by atoms with Crippen molar-refractivity contribution in [1.82, 2.24) is 0 Å². The maximum Gasteiger partial charge on any atom is 0.307 e. The fraction of sp³-hybridized carbons (Fsp3) is 0.353. The molecule has 0 heterocycles. The van der Waals surface area contributed by atoms with Gasteiger partial charge in [0, 0.05) is 5.92 Å². The molecule has 1 atom stereocenters. The zero-order valence-electron chi connectivity index (χ0n) is 11.6. The highest BCUT2D eigenvalue weighted by molar-refractivity contribution is 5.70. The molecule has 0 saturated carbocycles. The third-order valence-corrected chi connectivity index (χ3v) is 4.21. The largest absolute Gasteiger partial charge is 0.500 e. The summed E-state index contributed by atoms with van der Waals surface area (Å²) in [5, 5.41) is 8.86. The van der Waals surface area contributed by atoms with Crippen LogP contribution in [0.2, 0.25) is 0 Å². The molecule has 0 aromatic heterocycles. The van der Waals surface area contributed by atoms with Crippen molar-refractivity contribution in [2.75, 3.05) is 7.11 Å². The van der Waals surface area contributed by atoms with Crippen LogP contribution in [0.4, 0.5) is 0 Å². The van der Waals surface area contributed by atoms with Crippen molar-refractivity contribution >= 4 is 5.97 Å². The van der Waals surface area contributed by atoms with Gasteiger partial charge < -0.3 is 9.84 Å². The molecule has 0 amide bonds. The van der Waals surface area contributed by atoms with Crippen molar-refractivity contribution in [3.63, 3.8) is 0 Å². The number of carboxylic acids is 1. The van der Waals surface area contributed by atoms with Crippen molar-refractivity contribution < 1.29 is 14.6 Å². The molecule has 3 aliphatic carbocycles. The van der Waals surface area contributed by atoms with E-state index in [9.17, 15) is 4.79 Å². The molecule has 0 radical (unpaired) electrons. The Kier molecular flexibility index (Phi) is 3.35. The first-order valence-electron chi connectivity index (χ1n) is 6.97. The van der Waals surface area contributed by atoms with E-state index in [0.29, 0.717) is 5.92 Å². The Morgan fingerprint density at radius 1 is 1.50 bits per heavy atom. The van der Waals surface area contributed by atoms with Crippen LogP contribution in [0.3, 0.4) is 0 Å². The number of hydrogen-bond donors (Lipinski definition) is 1. The Balaban J connectivity index is 2.04. The van der Waals surface area contributed by atoms with E-state index in [1.807, 2.05) is 6.08 Å². The second kappa shape index (κ2) is 5.16. The van der Waals surface area contributed by atoms with Crippen LogP contribution in [0.15, 0.2) is 58.4 Å². The first kappa shape index (κ1) is 13.0. The second-order valence-corrected chi connectivity index (χ2v) is 5.32. The quantitative estimate of drug-likeness (QED) is 0.853. The van der Waals surface area contributed by atoms with E-state index in [-0.39, 0.29) is 6.42 Å². The van der Waals surface area contributed by atoms with E-state index in [0.717, 1.165) is 30.6 Å². The summed E-state index contributed by atoms with van der Waals surface area (Å²) < 4.78 is 5.50. The molecule has 0 aromatic rings. The summed E-state index contributed by atoms with van der Waals surface area (Å²) in [6.45, 7) is 0. The molecule has 3 nitrogen and oxygen atoms in total. The van der Waals surface area contributed by atoms with E-state index < -0.39 is 5.97 Å². The molecule has 3 aliphatic rings. The van der Waals surface area contributed by atoms with Gasteiger partial charge in [0.2, 0.25) is 0 Å². The van der Waals surface area contributed by atoms with Gasteiger partial charge in [0.25, 0.3) is 0 Å². The zero-order chi connectivity index (χ0) is 14.1. The van der Waals surface area contributed by atoms with Crippen molar-refractivity contribution in [2.45, 2.75) is 25.7 Å². The minimum Gasteiger partial charge on any atom is -0.500 e. The number of ether oxygens (including phenoxy) is 1. The normalized spacial score (nSPS) is 26.1. The Labute approximate surface area is 118 Å². The maximum atomic E-state index is 10.8. The van der Waals surface area contributed by atoms with Crippen molar-refractivity contribution in [3.8, 4) is 0 Å². The van der Waals surface area contributed by atoms with E-state index >= 15 is 0 Å². The topological polar surface area (TPSA) is 46.5 Å². The Bertz CT molecular complexity index is 600. The SMILES string of the molecule is COC1=CC=C2CC=CC3=C2C1CCC3=CCC(=O)O. The highest BCUT2D eigenvalue weighted by Crippen LogP contribution is 2.46. The molecule has 1 N–H and O–H groups in total. The van der Waals surface area contributed by atoms with Crippen LogP contribution in [0.25, 0.3) is 0 Å². The highest BCUT2D eigenvalue weighted by Gasteiger charge is 2.33. The molecular formula is C17H18O3. The molecule has 0 spiro atoms. The van der Waals surface area contributed by atoms with Crippen molar-refractivity contribution in [3.05, 3.63) is 58.4 Å². The van der Waals surface area contributed by atoms with E-state index in [4.69, 9.17) is 9.84 Å². The van der Waals surface area contributed by atoms with Gasteiger partial charge >= 0.3 is 5.97 Å². The summed E-state index contributed by atoms with van der Waals surface area (Å²) in [6, 6.07) is 0. The summed E-state index contributed by atoms with van der Waals surface area (Å²) in [7, 11) is 1.72. The molecule has 0 fully saturated rings. The predicted molar refractivity (Wildman–Crippen MR) is 77.0 cm³/mol. The number of allylic oxidation sites excluding steroid dienone is 8. The molecule has 1 unspecified atom stereocenters. The number of methoxy groups -OCH3 is 1. The first-order chi connectivity index (χ1) is 9.70. The van der Waals surface area contributed by atoms with Crippen molar-refractivity contribution in [2.24, 2.45) is 5.92 Å². The molecule has 0 aliphatic heterocycles. The third-order valence-electron chi connectivity index (χ3n) is 4.21. The van der Waals surface area contributed by atoms with Crippen LogP contribution in [-0.4, -0.2) is 18.2 Å². The fourth-order valence-corrected chi connectivity index (χ4v) is 3.32.